The fraction of sp³-hybridized carbons (Fsp3) is 0.875. The first-order valence-corrected chi connectivity index (χ1v) is 4.79. The van der Waals surface area contributed by atoms with E-state index >= 15 is 0 Å². The molecule has 2 N–H and O–H groups in total. The van der Waals surface area contributed by atoms with Crippen LogP contribution in [0.15, 0.2) is 0 Å². The zero-order valence-corrected chi connectivity index (χ0v) is 8.31. The van der Waals surface area contributed by atoms with Crippen LogP contribution >= 0.6 is 0 Å². The SMILES string of the molecule is CC1(Cn2nnnc2N)CCOCC1. The summed E-state index contributed by atoms with van der Waals surface area (Å²) in [5, 5.41) is 11.0. The molecule has 0 aliphatic carbocycles. The Balaban J connectivity index is 2.05. The van der Waals surface area contributed by atoms with E-state index in [4.69, 9.17) is 10.5 Å². The van der Waals surface area contributed by atoms with Gasteiger partial charge in [-0.05, 0) is 28.7 Å². The topological polar surface area (TPSA) is 78.9 Å². The molecular formula is C8H15N5O. The number of nitrogens with zero attached hydrogens (tertiary/aromatic N) is 4. The molecule has 0 unspecified atom stereocenters. The zero-order chi connectivity index (χ0) is 10.0. The van der Waals surface area contributed by atoms with Gasteiger partial charge in [0.1, 0.15) is 0 Å². The summed E-state index contributed by atoms with van der Waals surface area (Å²) in [6.45, 7) is 4.63. The Morgan fingerprint density at radius 2 is 2.21 bits per heavy atom. The fourth-order valence-electron chi connectivity index (χ4n) is 1.71. The minimum absolute atomic E-state index is 0.210. The molecule has 6 heteroatoms. The number of anilines is 1. The smallest absolute Gasteiger partial charge is 0.240 e. The normalized spacial score (nSPS) is 20.9. The van der Waals surface area contributed by atoms with Crippen molar-refractivity contribution in [1.82, 2.24) is 20.2 Å². The Hall–Kier alpha value is -1.17. The quantitative estimate of drug-likeness (QED) is 0.726. The van der Waals surface area contributed by atoms with Crippen molar-refractivity contribution in [3.05, 3.63) is 0 Å². The largest absolute Gasteiger partial charge is 0.381 e. The monoisotopic (exact) mass is 197 g/mol. The summed E-state index contributed by atoms with van der Waals surface area (Å²) in [4.78, 5) is 0. The van der Waals surface area contributed by atoms with Crippen molar-refractivity contribution in [3.8, 4) is 0 Å². The van der Waals surface area contributed by atoms with Crippen molar-refractivity contribution >= 4 is 5.95 Å². The van der Waals surface area contributed by atoms with E-state index in [2.05, 4.69) is 22.4 Å². The van der Waals surface area contributed by atoms with Gasteiger partial charge in [0, 0.05) is 13.2 Å². The molecule has 0 radical (unpaired) electrons. The molecule has 2 rings (SSSR count). The minimum atomic E-state index is 0.210. The van der Waals surface area contributed by atoms with Crippen LogP contribution in [0, 0.1) is 5.41 Å². The Labute approximate surface area is 82.4 Å². The van der Waals surface area contributed by atoms with Crippen LogP contribution in [-0.2, 0) is 11.3 Å². The summed E-state index contributed by atoms with van der Waals surface area (Å²) < 4.78 is 6.98. The number of hydrogen-bond donors (Lipinski definition) is 1. The Morgan fingerprint density at radius 1 is 1.50 bits per heavy atom. The summed E-state index contributed by atoms with van der Waals surface area (Å²) in [7, 11) is 0. The van der Waals surface area contributed by atoms with Crippen molar-refractivity contribution in [1.29, 1.82) is 0 Å². The van der Waals surface area contributed by atoms with E-state index in [-0.39, 0.29) is 5.41 Å². The standard InChI is InChI=1S/C8H15N5O/c1-8(2-4-14-5-3-8)6-13-7(9)10-11-12-13/h2-6H2,1H3,(H2,9,10,12). The number of hydrogen-bond acceptors (Lipinski definition) is 5. The minimum Gasteiger partial charge on any atom is -0.381 e. The molecule has 14 heavy (non-hydrogen) atoms. The number of nitrogens with two attached hydrogens (primary N) is 1. The summed E-state index contributed by atoms with van der Waals surface area (Å²) in [6, 6.07) is 0. The van der Waals surface area contributed by atoms with E-state index in [9.17, 15) is 0 Å². The van der Waals surface area contributed by atoms with E-state index in [1.807, 2.05) is 0 Å². The molecule has 1 saturated heterocycles. The zero-order valence-electron chi connectivity index (χ0n) is 8.31. The molecule has 2 heterocycles. The lowest BCUT2D eigenvalue weighted by atomic mass is 9.82. The van der Waals surface area contributed by atoms with Crippen LogP contribution in [0.25, 0.3) is 0 Å². The van der Waals surface area contributed by atoms with Crippen LogP contribution in [0.1, 0.15) is 19.8 Å². The molecule has 1 aliphatic rings. The predicted molar refractivity (Wildman–Crippen MR) is 50.4 cm³/mol. The van der Waals surface area contributed by atoms with Gasteiger partial charge in [0.15, 0.2) is 0 Å². The van der Waals surface area contributed by atoms with Crippen LogP contribution < -0.4 is 5.73 Å². The molecule has 0 aromatic carbocycles. The highest BCUT2D eigenvalue weighted by molar-refractivity contribution is 5.10. The lowest BCUT2D eigenvalue weighted by molar-refractivity contribution is 0.0139. The highest BCUT2D eigenvalue weighted by atomic mass is 16.5. The van der Waals surface area contributed by atoms with Gasteiger partial charge in [-0.1, -0.05) is 12.0 Å². The van der Waals surface area contributed by atoms with Crippen molar-refractivity contribution in [2.75, 3.05) is 18.9 Å². The molecule has 1 aliphatic heterocycles. The lowest BCUT2D eigenvalue weighted by Crippen LogP contribution is -2.31. The van der Waals surface area contributed by atoms with Gasteiger partial charge in [-0.15, -0.1) is 0 Å². The predicted octanol–water partition coefficient (Wildman–Crippen LogP) is 0.0720. The molecule has 0 spiro atoms. The molecule has 0 bridgehead atoms. The molecule has 1 fully saturated rings. The van der Waals surface area contributed by atoms with E-state index < -0.39 is 0 Å². The van der Waals surface area contributed by atoms with Crippen molar-refractivity contribution in [2.45, 2.75) is 26.3 Å². The first-order valence-electron chi connectivity index (χ1n) is 4.79. The average Bonchev–Trinajstić information content (AvgIpc) is 2.52. The number of rotatable bonds is 2. The molecular weight excluding hydrogens is 182 g/mol. The maximum Gasteiger partial charge on any atom is 0.240 e. The van der Waals surface area contributed by atoms with Gasteiger partial charge in [0.05, 0.1) is 6.54 Å². The van der Waals surface area contributed by atoms with Gasteiger partial charge in [0.2, 0.25) is 5.95 Å². The number of ether oxygens (including phenoxy) is 1. The van der Waals surface area contributed by atoms with Gasteiger partial charge in [-0.2, -0.15) is 0 Å². The van der Waals surface area contributed by atoms with Gasteiger partial charge < -0.3 is 10.5 Å². The molecule has 0 atom stereocenters. The van der Waals surface area contributed by atoms with Crippen molar-refractivity contribution in [3.63, 3.8) is 0 Å². The van der Waals surface area contributed by atoms with Gasteiger partial charge in [0.25, 0.3) is 0 Å². The number of tetrazole rings is 1. The fourth-order valence-corrected chi connectivity index (χ4v) is 1.71. The first-order chi connectivity index (χ1) is 6.70. The summed E-state index contributed by atoms with van der Waals surface area (Å²) >= 11 is 0. The van der Waals surface area contributed by atoms with E-state index in [0.717, 1.165) is 32.6 Å². The Kier molecular flexibility index (Phi) is 2.37. The van der Waals surface area contributed by atoms with Crippen LogP contribution in [0.5, 0.6) is 0 Å². The first kappa shape index (κ1) is 9.39. The van der Waals surface area contributed by atoms with Crippen LogP contribution in [-0.4, -0.2) is 33.4 Å². The number of aromatic nitrogens is 4. The highest BCUT2D eigenvalue weighted by Gasteiger charge is 2.28. The molecule has 6 nitrogen and oxygen atoms in total. The third kappa shape index (κ3) is 1.84. The molecule has 0 amide bonds. The number of nitrogen functional groups attached to an aromatic ring is 1. The molecule has 1 aromatic rings. The Bertz CT molecular complexity index is 304. The second-order valence-electron chi connectivity index (χ2n) is 4.12. The van der Waals surface area contributed by atoms with E-state index in [1.165, 1.54) is 0 Å². The molecule has 1 aromatic heterocycles. The maximum absolute atomic E-state index is 5.61. The van der Waals surface area contributed by atoms with Crippen molar-refractivity contribution < 1.29 is 4.74 Å². The van der Waals surface area contributed by atoms with Gasteiger partial charge in [-0.25, -0.2) is 4.68 Å². The van der Waals surface area contributed by atoms with Crippen LogP contribution in [0.3, 0.4) is 0 Å². The lowest BCUT2D eigenvalue weighted by Gasteiger charge is -2.32. The van der Waals surface area contributed by atoms with Crippen LogP contribution in [0.4, 0.5) is 5.95 Å². The third-order valence-electron chi connectivity index (χ3n) is 2.79. The summed E-state index contributed by atoms with van der Waals surface area (Å²) in [6.07, 6.45) is 2.07. The Morgan fingerprint density at radius 3 is 2.79 bits per heavy atom. The summed E-state index contributed by atoms with van der Waals surface area (Å²) in [5.41, 5.74) is 5.82. The second-order valence-corrected chi connectivity index (χ2v) is 4.12. The average molecular weight is 197 g/mol. The highest BCUT2D eigenvalue weighted by Crippen LogP contribution is 2.31. The molecule has 78 valence electrons. The second kappa shape index (κ2) is 3.53. The van der Waals surface area contributed by atoms with E-state index in [1.54, 1.807) is 4.68 Å². The maximum atomic E-state index is 5.61. The molecule has 0 saturated carbocycles. The van der Waals surface area contributed by atoms with E-state index in [0.29, 0.717) is 5.95 Å². The van der Waals surface area contributed by atoms with Gasteiger partial charge in [-0.3, -0.25) is 0 Å². The third-order valence-corrected chi connectivity index (χ3v) is 2.79. The van der Waals surface area contributed by atoms with Crippen LogP contribution in [0.2, 0.25) is 0 Å². The van der Waals surface area contributed by atoms with Gasteiger partial charge >= 0.3 is 0 Å². The van der Waals surface area contributed by atoms with Crippen molar-refractivity contribution in [2.24, 2.45) is 5.41 Å². The summed E-state index contributed by atoms with van der Waals surface area (Å²) in [5.74, 6) is 0.387.